The van der Waals surface area contributed by atoms with Crippen molar-refractivity contribution >= 4 is 0 Å². The summed E-state index contributed by atoms with van der Waals surface area (Å²) in [4.78, 5) is 0. The number of aliphatic hydroxyl groups is 1. The molecule has 2 rings (SSSR count). The van der Waals surface area contributed by atoms with Gasteiger partial charge in [0.05, 0.1) is 6.10 Å². The zero-order valence-electron chi connectivity index (χ0n) is 10.3. The molecule has 0 aromatic heterocycles. The predicted octanol–water partition coefficient (Wildman–Crippen LogP) is 2.51. The van der Waals surface area contributed by atoms with E-state index >= 15 is 0 Å². The molecule has 0 bridgehead atoms. The average Bonchev–Trinajstić information content (AvgIpc) is 2.54. The Labute approximate surface area is 97.7 Å². The van der Waals surface area contributed by atoms with Crippen molar-refractivity contribution in [3.05, 3.63) is 34.9 Å². The molecular formula is C14H21NO. The van der Waals surface area contributed by atoms with Crippen LogP contribution in [0.1, 0.15) is 48.9 Å². The van der Waals surface area contributed by atoms with Gasteiger partial charge in [-0.1, -0.05) is 25.1 Å². The first-order valence-electron chi connectivity index (χ1n) is 6.10. The molecule has 3 unspecified atom stereocenters. The first-order valence-corrected chi connectivity index (χ1v) is 6.10. The average molecular weight is 219 g/mol. The largest absolute Gasteiger partial charge is 0.392 e. The van der Waals surface area contributed by atoms with E-state index in [1.165, 1.54) is 16.7 Å². The first kappa shape index (κ1) is 11.6. The van der Waals surface area contributed by atoms with Gasteiger partial charge in [-0.3, -0.25) is 0 Å². The molecule has 0 fully saturated rings. The molecule has 1 aliphatic carbocycles. The number of fused-ring (bicyclic) bond motifs is 1. The van der Waals surface area contributed by atoms with Gasteiger partial charge in [0.2, 0.25) is 0 Å². The van der Waals surface area contributed by atoms with Crippen LogP contribution >= 0.6 is 0 Å². The zero-order chi connectivity index (χ0) is 11.7. The lowest BCUT2D eigenvalue weighted by molar-refractivity contribution is 0.185. The molecular weight excluding hydrogens is 198 g/mol. The van der Waals surface area contributed by atoms with Gasteiger partial charge in [0, 0.05) is 12.6 Å². The summed E-state index contributed by atoms with van der Waals surface area (Å²) in [5, 5.41) is 12.8. The Hall–Kier alpha value is -0.860. The topological polar surface area (TPSA) is 32.3 Å². The van der Waals surface area contributed by atoms with Gasteiger partial charge in [-0.2, -0.15) is 0 Å². The molecule has 0 saturated carbocycles. The van der Waals surface area contributed by atoms with Gasteiger partial charge in [-0.15, -0.1) is 0 Å². The van der Waals surface area contributed by atoms with E-state index in [1.54, 1.807) is 0 Å². The Morgan fingerprint density at radius 2 is 2.25 bits per heavy atom. The zero-order valence-corrected chi connectivity index (χ0v) is 10.3. The van der Waals surface area contributed by atoms with Gasteiger partial charge in [0.1, 0.15) is 0 Å². The molecule has 1 aromatic rings. The monoisotopic (exact) mass is 219 g/mol. The SMILES string of the molecule is Cc1cccc2c1C(C)CC2NCC(C)O. The van der Waals surface area contributed by atoms with Crippen LogP contribution in [0.4, 0.5) is 0 Å². The Bertz CT molecular complexity index is 373. The maximum absolute atomic E-state index is 9.32. The lowest BCUT2D eigenvalue weighted by Gasteiger charge is -2.15. The van der Waals surface area contributed by atoms with Crippen molar-refractivity contribution in [2.75, 3.05) is 6.54 Å². The summed E-state index contributed by atoms with van der Waals surface area (Å²) in [5.74, 6) is 0.627. The lowest BCUT2D eigenvalue weighted by atomic mass is 9.98. The molecule has 88 valence electrons. The fourth-order valence-electron chi connectivity index (χ4n) is 2.78. The molecule has 0 heterocycles. The van der Waals surface area contributed by atoms with E-state index in [0.29, 0.717) is 18.5 Å². The van der Waals surface area contributed by atoms with Crippen LogP contribution in [0, 0.1) is 6.92 Å². The molecule has 16 heavy (non-hydrogen) atoms. The summed E-state index contributed by atoms with van der Waals surface area (Å²) >= 11 is 0. The number of rotatable bonds is 3. The minimum Gasteiger partial charge on any atom is -0.392 e. The Morgan fingerprint density at radius 3 is 2.94 bits per heavy atom. The van der Waals surface area contributed by atoms with Crippen molar-refractivity contribution in [1.29, 1.82) is 0 Å². The lowest BCUT2D eigenvalue weighted by Crippen LogP contribution is -2.27. The van der Waals surface area contributed by atoms with E-state index < -0.39 is 0 Å². The summed E-state index contributed by atoms with van der Waals surface area (Å²) < 4.78 is 0. The smallest absolute Gasteiger partial charge is 0.0636 e. The summed E-state index contributed by atoms with van der Waals surface area (Å²) in [6.07, 6.45) is 0.872. The fourth-order valence-corrected chi connectivity index (χ4v) is 2.78. The van der Waals surface area contributed by atoms with Crippen molar-refractivity contribution < 1.29 is 5.11 Å². The van der Waals surface area contributed by atoms with E-state index in [1.807, 2.05) is 6.92 Å². The highest BCUT2D eigenvalue weighted by Crippen LogP contribution is 2.41. The predicted molar refractivity (Wildman–Crippen MR) is 66.6 cm³/mol. The number of nitrogens with one attached hydrogen (secondary N) is 1. The van der Waals surface area contributed by atoms with Crippen LogP contribution in [-0.4, -0.2) is 17.8 Å². The molecule has 2 heteroatoms. The summed E-state index contributed by atoms with van der Waals surface area (Å²) in [6, 6.07) is 6.95. The summed E-state index contributed by atoms with van der Waals surface area (Å²) in [7, 11) is 0. The number of hydrogen-bond acceptors (Lipinski definition) is 2. The Balaban J connectivity index is 2.19. The molecule has 0 spiro atoms. The number of aliphatic hydroxyl groups excluding tert-OH is 1. The first-order chi connectivity index (χ1) is 7.59. The van der Waals surface area contributed by atoms with Crippen molar-refractivity contribution in [2.24, 2.45) is 0 Å². The maximum Gasteiger partial charge on any atom is 0.0636 e. The van der Waals surface area contributed by atoms with E-state index in [-0.39, 0.29) is 6.10 Å². The molecule has 2 N–H and O–H groups in total. The van der Waals surface area contributed by atoms with Crippen molar-refractivity contribution in [3.8, 4) is 0 Å². The third-order valence-electron chi connectivity index (χ3n) is 3.47. The molecule has 3 atom stereocenters. The second kappa shape index (κ2) is 4.56. The molecule has 0 radical (unpaired) electrons. The van der Waals surface area contributed by atoms with Gasteiger partial charge in [0.25, 0.3) is 0 Å². The highest BCUT2D eigenvalue weighted by atomic mass is 16.3. The van der Waals surface area contributed by atoms with Crippen molar-refractivity contribution in [1.82, 2.24) is 5.32 Å². The van der Waals surface area contributed by atoms with Crippen LogP contribution < -0.4 is 5.32 Å². The molecule has 1 aromatic carbocycles. The standard InChI is InChI=1S/C14H21NO/c1-9-5-4-6-12-13(15-8-11(3)16)7-10(2)14(9)12/h4-6,10-11,13,15-16H,7-8H2,1-3H3. The Morgan fingerprint density at radius 1 is 1.50 bits per heavy atom. The molecule has 0 saturated heterocycles. The van der Waals surface area contributed by atoms with Crippen molar-refractivity contribution in [2.45, 2.75) is 45.3 Å². The molecule has 1 aliphatic rings. The van der Waals surface area contributed by atoms with Crippen molar-refractivity contribution in [3.63, 3.8) is 0 Å². The highest BCUT2D eigenvalue weighted by molar-refractivity contribution is 5.43. The van der Waals surface area contributed by atoms with Crippen LogP contribution in [0.25, 0.3) is 0 Å². The van der Waals surface area contributed by atoms with Crippen LogP contribution in [0.3, 0.4) is 0 Å². The third kappa shape index (κ3) is 2.13. The Kier molecular flexibility index (Phi) is 3.31. The maximum atomic E-state index is 9.32. The van der Waals surface area contributed by atoms with E-state index in [0.717, 1.165) is 6.42 Å². The third-order valence-corrected chi connectivity index (χ3v) is 3.47. The van der Waals surface area contributed by atoms with Gasteiger partial charge in [0.15, 0.2) is 0 Å². The van der Waals surface area contributed by atoms with Crippen LogP contribution in [-0.2, 0) is 0 Å². The summed E-state index contributed by atoms with van der Waals surface area (Å²) in [5.41, 5.74) is 4.32. The van der Waals surface area contributed by atoms with E-state index in [2.05, 4.69) is 37.4 Å². The second-order valence-electron chi connectivity index (χ2n) is 5.02. The van der Waals surface area contributed by atoms with E-state index in [9.17, 15) is 5.11 Å². The fraction of sp³-hybridized carbons (Fsp3) is 0.571. The molecule has 2 nitrogen and oxygen atoms in total. The van der Waals surface area contributed by atoms with E-state index in [4.69, 9.17) is 0 Å². The number of hydrogen-bond donors (Lipinski definition) is 2. The normalized spacial score (nSPS) is 25.5. The second-order valence-corrected chi connectivity index (χ2v) is 5.02. The van der Waals surface area contributed by atoms with Gasteiger partial charge in [-0.05, 0) is 42.9 Å². The molecule has 0 amide bonds. The number of benzene rings is 1. The molecule has 0 aliphatic heterocycles. The van der Waals surface area contributed by atoms with Gasteiger partial charge < -0.3 is 10.4 Å². The summed E-state index contributed by atoms with van der Waals surface area (Å²) in [6.45, 7) is 6.97. The van der Waals surface area contributed by atoms with Crippen LogP contribution in [0.15, 0.2) is 18.2 Å². The minimum absolute atomic E-state index is 0.274. The highest BCUT2D eigenvalue weighted by Gasteiger charge is 2.28. The minimum atomic E-state index is -0.274. The van der Waals surface area contributed by atoms with Crippen LogP contribution in [0.5, 0.6) is 0 Å². The van der Waals surface area contributed by atoms with Crippen LogP contribution in [0.2, 0.25) is 0 Å². The number of aryl methyl sites for hydroxylation is 1. The quantitative estimate of drug-likeness (QED) is 0.818. The van der Waals surface area contributed by atoms with Gasteiger partial charge >= 0.3 is 0 Å². The van der Waals surface area contributed by atoms with Gasteiger partial charge in [-0.25, -0.2) is 0 Å².